The van der Waals surface area contributed by atoms with E-state index in [9.17, 15) is 0 Å². The highest BCUT2D eigenvalue weighted by molar-refractivity contribution is 5.15. The summed E-state index contributed by atoms with van der Waals surface area (Å²) in [6.07, 6.45) is 2.13. The summed E-state index contributed by atoms with van der Waals surface area (Å²) in [5.74, 6) is 0. The second-order valence-electron chi connectivity index (χ2n) is 4.41. The van der Waals surface area contributed by atoms with Crippen molar-refractivity contribution in [2.75, 3.05) is 13.3 Å². The minimum absolute atomic E-state index is 0.189. The number of aromatic nitrogens is 1. The smallest absolute Gasteiger partial charge is 0.112 e. The van der Waals surface area contributed by atoms with Crippen LogP contribution in [0.3, 0.4) is 0 Å². The van der Waals surface area contributed by atoms with E-state index in [1.54, 1.807) is 0 Å². The van der Waals surface area contributed by atoms with Crippen molar-refractivity contribution < 1.29 is 4.74 Å². The van der Waals surface area contributed by atoms with Crippen LogP contribution in [0.5, 0.6) is 0 Å². The predicted octanol–water partition coefficient (Wildman–Crippen LogP) is 2.55. The summed E-state index contributed by atoms with van der Waals surface area (Å²) < 4.78 is 5.78. The van der Waals surface area contributed by atoms with Crippen molar-refractivity contribution in [3.63, 3.8) is 0 Å². The Labute approximate surface area is 101 Å². The van der Waals surface area contributed by atoms with Crippen LogP contribution in [0, 0.1) is 0 Å². The molecule has 1 aromatic carbocycles. The van der Waals surface area contributed by atoms with Crippen LogP contribution >= 0.6 is 0 Å². The molecule has 88 valence electrons. The first-order chi connectivity index (χ1) is 8.42. The van der Waals surface area contributed by atoms with E-state index in [0.29, 0.717) is 6.73 Å². The lowest BCUT2D eigenvalue weighted by Crippen LogP contribution is -2.19. The third-order valence-corrected chi connectivity index (χ3v) is 3.10. The zero-order valence-corrected chi connectivity index (χ0v) is 9.67. The van der Waals surface area contributed by atoms with Gasteiger partial charge in [-0.25, -0.2) is 0 Å². The first-order valence-corrected chi connectivity index (χ1v) is 5.93. The van der Waals surface area contributed by atoms with Crippen LogP contribution in [0.25, 0.3) is 0 Å². The van der Waals surface area contributed by atoms with Gasteiger partial charge in [0.2, 0.25) is 0 Å². The Hall–Kier alpha value is -1.58. The fourth-order valence-electron chi connectivity index (χ4n) is 2.22. The lowest BCUT2D eigenvalue weighted by atomic mass is 10.2. The SMILES string of the molecule is c1ccc(CN2COC(c3ccc[nH]3)C2)cc1. The lowest BCUT2D eigenvalue weighted by Gasteiger charge is -2.13. The number of ether oxygens (including phenoxy) is 1. The predicted molar refractivity (Wildman–Crippen MR) is 66.3 cm³/mol. The molecule has 0 radical (unpaired) electrons. The summed E-state index contributed by atoms with van der Waals surface area (Å²) in [4.78, 5) is 5.53. The van der Waals surface area contributed by atoms with Crippen molar-refractivity contribution in [2.45, 2.75) is 12.6 Å². The van der Waals surface area contributed by atoms with Crippen LogP contribution in [-0.4, -0.2) is 23.2 Å². The summed E-state index contributed by atoms with van der Waals surface area (Å²) in [5.41, 5.74) is 2.50. The Balaban J connectivity index is 1.61. The van der Waals surface area contributed by atoms with Gasteiger partial charge < -0.3 is 9.72 Å². The molecular formula is C14H16N2O. The maximum absolute atomic E-state index is 5.78. The molecule has 3 rings (SSSR count). The van der Waals surface area contributed by atoms with Crippen molar-refractivity contribution in [1.29, 1.82) is 0 Å². The van der Waals surface area contributed by atoms with E-state index in [0.717, 1.165) is 13.1 Å². The summed E-state index contributed by atoms with van der Waals surface area (Å²) in [5, 5.41) is 0. The van der Waals surface area contributed by atoms with Crippen molar-refractivity contribution in [3.8, 4) is 0 Å². The van der Waals surface area contributed by atoms with Crippen molar-refractivity contribution >= 4 is 0 Å². The fraction of sp³-hybridized carbons (Fsp3) is 0.286. The first kappa shape index (κ1) is 10.6. The molecule has 1 fully saturated rings. The highest BCUT2D eigenvalue weighted by atomic mass is 16.5. The molecule has 2 aromatic rings. The Morgan fingerprint density at radius 3 is 2.82 bits per heavy atom. The molecule has 17 heavy (non-hydrogen) atoms. The molecule has 1 aromatic heterocycles. The zero-order chi connectivity index (χ0) is 11.5. The molecule has 0 saturated carbocycles. The summed E-state index contributed by atoms with van der Waals surface area (Å²) in [6, 6.07) is 14.6. The third kappa shape index (κ3) is 2.40. The van der Waals surface area contributed by atoms with Crippen molar-refractivity contribution in [2.24, 2.45) is 0 Å². The van der Waals surface area contributed by atoms with E-state index in [1.807, 2.05) is 18.3 Å². The van der Waals surface area contributed by atoms with Gasteiger partial charge in [0, 0.05) is 25.0 Å². The summed E-state index contributed by atoms with van der Waals surface area (Å²) >= 11 is 0. The van der Waals surface area contributed by atoms with Gasteiger partial charge in [0.1, 0.15) is 12.8 Å². The van der Waals surface area contributed by atoms with E-state index in [-0.39, 0.29) is 6.10 Å². The van der Waals surface area contributed by atoms with Gasteiger partial charge in [0.25, 0.3) is 0 Å². The van der Waals surface area contributed by atoms with E-state index >= 15 is 0 Å². The number of benzene rings is 1. The maximum Gasteiger partial charge on any atom is 0.112 e. The summed E-state index contributed by atoms with van der Waals surface area (Å²) in [7, 11) is 0. The van der Waals surface area contributed by atoms with Gasteiger partial charge in [-0.15, -0.1) is 0 Å². The number of nitrogens with zero attached hydrogens (tertiary/aromatic N) is 1. The van der Waals surface area contributed by atoms with Crippen LogP contribution in [0.4, 0.5) is 0 Å². The van der Waals surface area contributed by atoms with Crippen LogP contribution in [0.2, 0.25) is 0 Å². The molecule has 0 spiro atoms. The first-order valence-electron chi connectivity index (χ1n) is 5.93. The van der Waals surface area contributed by atoms with Gasteiger partial charge in [-0.05, 0) is 17.7 Å². The van der Waals surface area contributed by atoms with Crippen LogP contribution in [0.1, 0.15) is 17.4 Å². The minimum Gasteiger partial charge on any atom is -0.363 e. The molecule has 0 amide bonds. The molecule has 1 atom stereocenters. The fourth-order valence-corrected chi connectivity index (χ4v) is 2.22. The number of H-pyrrole nitrogens is 1. The second-order valence-corrected chi connectivity index (χ2v) is 4.41. The monoisotopic (exact) mass is 228 g/mol. The highest BCUT2D eigenvalue weighted by Crippen LogP contribution is 2.24. The molecule has 1 saturated heterocycles. The van der Waals surface area contributed by atoms with Gasteiger partial charge in [0.05, 0.1) is 0 Å². The van der Waals surface area contributed by atoms with Crippen LogP contribution < -0.4 is 0 Å². The van der Waals surface area contributed by atoms with Crippen LogP contribution in [-0.2, 0) is 11.3 Å². The quantitative estimate of drug-likeness (QED) is 0.874. The molecule has 0 aliphatic carbocycles. The zero-order valence-electron chi connectivity index (χ0n) is 9.67. The molecule has 2 heterocycles. The van der Waals surface area contributed by atoms with Gasteiger partial charge in [-0.3, -0.25) is 4.90 Å². The largest absolute Gasteiger partial charge is 0.363 e. The third-order valence-electron chi connectivity index (χ3n) is 3.10. The lowest BCUT2D eigenvalue weighted by molar-refractivity contribution is 0.0861. The molecule has 1 aliphatic rings. The normalized spacial score (nSPS) is 20.8. The topological polar surface area (TPSA) is 28.3 Å². The Morgan fingerprint density at radius 1 is 1.18 bits per heavy atom. The van der Waals surface area contributed by atoms with Crippen molar-refractivity contribution in [1.82, 2.24) is 9.88 Å². The van der Waals surface area contributed by atoms with Crippen LogP contribution in [0.15, 0.2) is 48.7 Å². The number of aromatic amines is 1. The van der Waals surface area contributed by atoms with E-state index in [1.165, 1.54) is 11.3 Å². The van der Waals surface area contributed by atoms with Crippen molar-refractivity contribution in [3.05, 3.63) is 59.9 Å². The Bertz CT molecular complexity index is 452. The number of rotatable bonds is 3. The molecule has 3 heteroatoms. The number of hydrogen-bond donors (Lipinski definition) is 1. The standard InChI is InChI=1S/C14H16N2O/c1-2-5-12(6-3-1)9-16-10-14(17-11-16)13-7-4-8-15-13/h1-8,14-15H,9-11H2. The van der Waals surface area contributed by atoms with Gasteiger partial charge in [0.15, 0.2) is 0 Å². The molecule has 0 bridgehead atoms. The van der Waals surface area contributed by atoms with E-state index in [4.69, 9.17) is 4.74 Å². The molecule has 3 nitrogen and oxygen atoms in total. The van der Waals surface area contributed by atoms with E-state index in [2.05, 4.69) is 40.2 Å². The van der Waals surface area contributed by atoms with Gasteiger partial charge in [-0.1, -0.05) is 30.3 Å². The summed E-state index contributed by atoms with van der Waals surface area (Å²) in [6.45, 7) is 2.62. The Morgan fingerprint density at radius 2 is 2.06 bits per heavy atom. The number of nitrogens with one attached hydrogen (secondary N) is 1. The molecule has 1 unspecified atom stereocenters. The van der Waals surface area contributed by atoms with Gasteiger partial charge >= 0.3 is 0 Å². The minimum atomic E-state index is 0.189. The molecule has 1 N–H and O–H groups in total. The second kappa shape index (κ2) is 4.73. The highest BCUT2D eigenvalue weighted by Gasteiger charge is 2.24. The molecule has 1 aliphatic heterocycles. The maximum atomic E-state index is 5.78. The number of hydrogen-bond acceptors (Lipinski definition) is 2. The average molecular weight is 228 g/mol. The molecular weight excluding hydrogens is 212 g/mol. The Kier molecular flexibility index (Phi) is 2.94. The van der Waals surface area contributed by atoms with E-state index < -0.39 is 0 Å². The van der Waals surface area contributed by atoms with Gasteiger partial charge in [-0.2, -0.15) is 0 Å². The average Bonchev–Trinajstić information content (AvgIpc) is 3.00.